The van der Waals surface area contributed by atoms with Crippen LogP contribution in [-0.2, 0) is 65.4 Å². The van der Waals surface area contributed by atoms with Gasteiger partial charge in [-0.3, -0.25) is 37.3 Å². The molecule has 8 atom stereocenters. The van der Waals surface area contributed by atoms with Crippen molar-refractivity contribution in [2.24, 2.45) is 23.7 Å². The van der Waals surface area contributed by atoms with Gasteiger partial charge in [-0.05, 0) is 49.4 Å². The molecule has 0 aliphatic carbocycles. The third-order valence-electron chi connectivity index (χ3n) is 16.7. The molecule has 0 bridgehead atoms. The first-order valence-electron chi connectivity index (χ1n) is 35.3. The molecule has 0 fully saturated rings. The fourth-order valence-electron chi connectivity index (χ4n) is 10.0. The fraction of sp³-hybridized carbons (Fsp3) is 0.941. The average molecular weight is 1280 g/mol. The lowest BCUT2D eigenvalue weighted by Gasteiger charge is -2.21. The van der Waals surface area contributed by atoms with Crippen LogP contribution in [0.2, 0.25) is 0 Å². The predicted octanol–water partition coefficient (Wildman–Crippen LogP) is 18.9. The number of aliphatic hydroxyl groups is 1. The van der Waals surface area contributed by atoms with Gasteiger partial charge in [0.15, 0.2) is 12.2 Å². The summed E-state index contributed by atoms with van der Waals surface area (Å²) in [5.41, 5.74) is 0. The molecular formula is C68H132O17P2. The second-order valence-electron chi connectivity index (χ2n) is 25.8. The van der Waals surface area contributed by atoms with Gasteiger partial charge in [0.05, 0.1) is 26.4 Å². The Morgan fingerprint density at radius 1 is 0.322 bits per heavy atom. The van der Waals surface area contributed by atoms with Crippen LogP contribution >= 0.6 is 15.6 Å². The maximum absolute atomic E-state index is 13.0. The molecule has 3 N–H and O–H groups in total. The van der Waals surface area contributed by atoms with Crippen molar-refractivity contribution in [1.29, 1.82) is 0 Å². The van der Waals surface area contributed by atoms with Crippen molar-refractivity contribution in [3.05, 3.63) is 0 Å². The number of phosphoric acid groups is 2. The lowest BCUT2D eigenvalue weighted by molar-refractivity contribution is -0.161. The van der Waals surface area contributed by atoms with Gasteiger partial charge in [-0.2, -0.15) is 0 Å². The van der Waals surface area contributed by atoms with Gasteiger partial charge < -0.3 is 33.8 Å². The lowest BCUT2D eigenvalue weighted by Crippen LogP contribution is -2.30. The molecule has 87 heavy (non-hydrogen) atoms. The van der Waals surface area contributed by atoms with Crippen molar-refractivity contribution < 1.29 is 80.2 Å². The van der Waals surface area contributed by atoms with E-state index in [9.17, 15) is 43.2 Å². The molecule has 0 aromatic rings. The molecule has 5 unspecified atom stereocenters. The van der Waals surface area contributed by atoms with Gasteiger partial charge in [0.2, 0.25) is 0 Å². The fourth-order valence-corrected chi connectivity index (χ4v) is 11.6. The van der Waals surface area contributed by atoms with E-state index in [-0.39, 0.29) is 25.7 Å². The Morgan fingerprint density at radius 3 is 0.816 bits per heavy atom. The Morgan fingerprint density at radius 2 is 0.552 bits per heavy atom. The highest BCUT2D eigenvalue weighted by molar-refractivity contribution is 7.47. The van der Waals surface area contributed by atoms with Crippen LogP contribution in [0.4, 0.5) is 0 Å². The molecule has 0 aliphatic rings. The van der Waals surface area contributed by atoms with E-state index >= 15 is 0 Å². The Kier molecular flexibility index (Phi) is 56.6. The first-order chi connectivity index (χ1) is 41.7. The molecule has 19 heteroatoms. The topological polar surface area (TPSA) is 237 Å². The number of carbonyl (C=O) groups excluding carboxylic acids is 4. The summed E-state index contributed by atoms with van der Waals surface area (Å²) in [6, 6.07) is 0. The van der Waals surface area contributed by atoms with Gasteiger partial charge in [-0.1, -0.05) is 280 Å². The van der Waals surface area contributed by atoms with E-state index in [0.29, 0.717) is 31.6 Å². The highest BCUT2D eigenvalue weighted by Gasteiger charge is 2.30. The summed E-state index contributed by atoms with van der Waals surface area (Å²) >= 11 is 0. The Balaban J connectivity index is 5.26. The van der Waals surface area contributed by atoms with Crippen molar-refractivity contribution in [2.75, 3.05) is 39.6 Å². The normalized spacial score (nSPS) is 15.3. The standard InChI is InChI=1S/C68H132O17P2/c1-9-59(6)45-37-29-20-16-12-14-18-22-34-42-50-67(72)84-63(54-78-65(70)48-40-32-26-24-28-36-44-58(4)5)56-82-86(74,75)80-52-62(69)53-81-87(76,77)83-57-64(55-79-66(71)49-41-33-27-25-31-39-47-61(8)11-3)85-68(73)51-43-35-23-19-15-13-17-21-30-38-46-60(7)10-2/h58-64,69H,9-57H2,1-8H3,(H,74,75)(H,76,77)/t59?,60?,61?,62-,63+,64+/m0/s1. The van der Waals surface area contributed by atoms with Gasteiger partial charge in [0.1, 0.15) is 19.3 Å². The summed E-state index contributed by atoms with van der Waals surface area (Å²) in [4.78, 5) is 72.4. The van der Waals surface area contributed by atoms with Gasteiger partial charge in [-0.25, -0.2) is 9.13 Å². The van der Waals surface area contributed by atoms with Crippen LogP contribution in [-0.4, -0.2) is 96.7 Å². The minimum atomic E-state index is -4.95. The molecule has 0 aliphatic heterocycles. The van der Waals surface area contributed by atoms with Crippen LogP contribution in [0.1, 0.15) is 331 Å². The van der Waals surface area contributed by atoms with Crippen molar-refractivity contribution in [1.82, 2.24) is 0 Å². The van der Waals surface area contributed by atoms with Gasteiger partial charge in [0.25, 0.3) is 0 Å². The largest absolute Gasteiger partial charge is 0.472 e. The summed E-state index contributed by atoms with van der Waals surface area (Å²) in [5, 5.41) is 10.6. The summed E-state index contributed by atoms with van der Waals surface area (Å²) in [6.07, 6.45) is 38.9. The molecule has 17 nitrogen and oxygen atoms in total. The first-order valence-corrected chi connectivity index (χ1v) is 38.3. The summed E-state index contributed by atoms with van der Waals surface area (Å²) in [5.74, 6) is 0.881. The van der Waals surface area contributed by atoms with Gasteiger partial charge in [-0.15, -0.1) is 0 Å². The summed E-state index contributed by atoms with van der Waals surface area (Å²) in [7, 11) is -9.90. The van der Waals surface area contributed by atoms with Crippen molar-refractivity contribution in [2.45, 2.75) is 350 Å². The Hall–Kier alpha value is -1.94. The molecule has 0 amide bonds. The number of hydrogen-bond acceptors (Lipinski definition) is 15. The quantitative estimate of drug-likeness (QED) is 0.0222. The minimum absolute atomic E-state index is 0.104. The molecule has 0 aromatic heterocycles. The molecule has 0 saturated carbocycles. The molecule has 0 radical (unpaired) electrons. The van der Waals surface area contributed by atoms with Gasteiger partial charge >= 0.3 is 39.5 Å². The third kappa shape index (κ3) is 58.9. The summed E-state index contributed by atoms with van der Waals surface area (Å²) in [6.45, 7) is 14.1. The average Bonchev–Trinajstić information content (AvgIpc) is 3.70. The number of ether oxygens (including phenoxy) is 4. The molecular weight excluding hydrogens is 1150 g/mol. The van der Waals surface area contributed by atoms with E-state index in [1.165, 1.54) is 122 Å². The van der Waals surface area contributed by atoms with Crippen molar-refractivity contribution >= 4 is 39.5 Å². The van der Waals surface area contributed by atoms with E-state index in [1.807, 2.05) is 0 Å². The lowest BCUT2D eigenvalue weighted by atomic mass is 9.99. The predicted molar refractivity (Wildman–Crippen MR) is 349 cm³/mol. The van der Waals surface area contributed by atoms with Crippen LogP contribution in [0.15, 0.2) is 0 Å². The zero-order valence-electron chi connectivity index (χ0n) is 56.6. The number of phosphoric ester groups is 2. The molecule has 0 rings (SSSR count). The Bertz CT molecular complexity index is 1740. The van der Waals surface area contributed by atoms with E-state index in [1.54, 1.807) is 0 Å². The number of aliphatic hydroxyl groups excluding tert-OH is 1. The second kappa shape index (κ2) is 57.9. The van der Waals surface area contributed by atoms with E-state index < -0.39 is 97.5 Å². The Labute approximate surface area is 530 Å². The highest BCUT2D eigenvalue weighted by atomic mass is 31.2. The van der Waals surface area contributed by atoms with Crippen LogP contribution in [0.5, 0.6) is 0 Å². The van der Waals surface area contributed by atoms with Crippen LogP contribution < -0.4 is 0 Å². The maximum Gasteiger partial charge on any atom is 0.472 e. The van der Waals surface area contributed by atoms with Crippen LogP contribution in [0.3, 0.4) is 0 Å². The third-order valence-corrected chi connectivity index (χ3v) is 18.6. The van der Waals surface area contributed by atoms with Gasteiger partial charge in [0, 0.05) is 25.7 Å². The van der Waals surface area contributed by atoms with Crippen molar-refractivity contribution in [3.8, 4) is 0 Å². The SMILES string of the molecule is CCC(C)CCCCCCCCCCCCC(=O)O[C@H](COC(=O)CCCCCCCCC(C)C)COP(=O)(O)OC[C@H](O)COP(=O)(O)OC[C@@H](COC(=O)CCCCCCCCC(C)CC)OC(=O)CCCCCCCCCCCCC(C)CC. The van der Waals surface area contributed by atoms with E-state index in [2.05, 4.69) is 55.4 Å². The highest BCUT2D eigenvalue weighted by Crippen LogP contribution is 2.45. The van der Waals surface area contributed by atoms with E-state index in [0.717, 1.165) is 120 Å². The summed E-state index contributed by atoms with van der Waals surface area (Å²) < 4.78 is 68.2. The molecule has 0 aromatic carbocycles. The number of rotatable bonds is 65. The minimum Gasteiger partial charge on any atom is -0.462 e. The molecule has 516 valence electrons. The second-order valence-corrected chi connectivity index (χ2v) is 28.7. The number of carbonyl (C=O) groups is 4. The number of esters is 4. The van der Waals surface area contributed by atoms with E-state index in [4.69, 9.17) is 37.0 Å². The van der Waals surface area contributed by atoms with Crippen LogP contribution in [0.25, 0.3) is 0 Å². The molecule has 0 spiro atoms. The zero-order valence-corrected chi connectivity index (χ0v) is 58.4. The van der Waals surface area contributed by atoms with Crippen molar-refractivity contribution in [3.63, 3.8) is 0 Å². The molecule has 0 heterocycles. The molecule has 0 saturated heterocycles. The zero-order chi connectivity index (χ0) is 64.7. The number of hydrogen-bond donors (Lipinski definition) is 3. The monoisotopic (exact) mass is 1280 g/mol. The van der Waals surface area contributed by atoms with Crippen LogP contribution in [0, 0.1) is 23.7 Å². The first kappa shape index (κ1) is 85.1. The number of unbranched alkanes of at least 4 members (excludes halogenated alkanes) is 28. The smallest absolute Gasteiger partial charge is 0.462 e. The maximum atomic E-state index is 13.0.